The molecule has 0 spiro atoms. The Labute approximate surface area is 83.5 Å². The van der Waals surface area contributed by atoms with E-state index in [0.29, 0.717) is 20.9 Å². The van der Waals surface area contributed by atoms with Crippen molar-refractivity contribution in [2.75, 3.05) is 12.4 Å². The van der Waals surface area contributed by atoms with Gasteiger partial charge in [-0.2, -0.15) is 5.26 Å². The Morgan fingerprint density at radius 2 is 2.42 bits per heavy atom. The Kier molecular flexibility index (Phi) is 2.90. The largest absolute Gasteiger partial charge is 0.386 e. The molecular formula is C7H5BrClN3. The maximum atomic E-state index is 8.67. The number of hydrogen-bond donors (Lipinski definition) is 1. The highest BCUT2D eigenvalue weighted by atomic mass is 79.9. The van der Waals surface area contributed by atoms with Gasteiger partial charge < -0.3 is 5.32 Å². The van der Waals surface area contributed by atoms with Gasteiger partial charge in [-0.3, -0.25) is 0 Å². The van der Waals surface area contributed by atoms with Crippen LogP contribution in [0, 0.1) is 11.3 Å². The number of rotatable bonds is 1. The molecule has 1 aromatic rings. The fourth-order valence-corrected chi connectivity index (χ4v) is 1.45. The van der Waals surface area contributed by atoms with E-state index in [-0.39, 0.29) is 0 Å². The SMILES string of the molecule is CNc1c(C#N)cnc(Cl)c1Br. The van der Waals surface area contributed by atoms with Crippen LogP contribution in [0.3, 0.4) is 0 Å². The van der Waals surface area contributed by atoms with Crippen molar-refractivity contribution in [2.24, 2.45) is 0 Å². The first kappa shape index (κ1) is 9.30. The maximum Gasteiger partial charge on any atom is 0.145 e. The number of nitrogens with zero attached hydrogens (tertiary/aromatic N) is 2. The van der Waals surface area contributed by atoms with Crippen LogP contribution in [0.1, 0.15) is 5.56 Å². The zero-order valence-electron chi connectivity index (χ0n) is 6.23. The van der Waals surface area contributed by atoms with E-state index in [1.165, 1.54) is 6.20 Å². The van der Waals surface area contributed by atoms with Crippen molar-refractivity contribution in [3.8, 4) is 6.07 Å². The Morgan fingerprint density at radius 3 is 2.92 bits per heavy atom. The number of nitriles is 1. The van der Waals surface area contributed by atoms with Gasteiger partial charge in [-0.25, -0.2) is 4.98 Å². The number of pyridine rings is 1. The van der Waals surface area contributed by atoms with Crippen LogP contribution in [0.4, 0.5) is 5.69 Å². The zero-order valence-corrected chi connectivity index (χ0v) is 8.57. The van der Waals surface area contributed by atoms with Crippen molar-refractivity contribution in [3.63, 3.8) is 0 Å². The number of hydrogen-bond acceptors (Lipinski definition) is 3. The van der Waals surface area contributed by atoms with Gasteiger partial charge in [0.1, 0.15) is 11.2 Å². The molecule has 0 bridgehead atoms. The molecular weight excluding hydrogens is 241 g/mol. The van der Waals surface area contributed by atoms with Gasteiger partial charge in [-0.05, 0) is 15.9 Å². The third-order valence-corrected chi connectivity index (χ3v) is 2.63. The highest BCUT2D eigenvalue weighted by Gasteiger charge is 2.08. The minimum atomic E-state index is 0.346. The second-order valence-corrected chi connectivity index (χ2v) is 3.16. The fourth-order valence-electron chi connectivity index (χ4n) is 0.793. The highest BCUT2D eigenvalue weighted by Crippen LogP contribution is 2.30. The van der Waals surface area contributed by atoms with E-state index < -0.39 is 0 Å². The first-order valence-corrected chi connectivity index (χ1v) is 4.29. The molecule has 1 N–H and O–H groups in total. The molecule has 0 aliphatic heterocycles. The van der Waals surface area contributed by atoms with Crippen molar-refractivity contribution in [2.45, 2.75) is 0 Å². The van der Waals surface area contributed by atoms with Crippen molar-refractivity contribution < 1.29 is 0 Å². The normalized spacial score (nSPS) is 9.17. The second kappa shape index (κ2) is 3.74. The van der Waals surface area contributed by atoms with Gasteiger partial charge in [-0.15, -0.1) is 0 Å². The topological polar surface area (TPSA) is 48.7 Å². The van der Waals surface area contributed by atoms with E-state index in [4.69, 9.17) is 16.9 Å². The van der Waals surface area contributed by atoms with Gasteiger partial charge >= 0.3 is 0 Å². The lowest BCUT2D eigenvalue weighted by atomic mass is 10.2. The zero-order chi connectivity index (χ0) is 9.14. The summed E-state index contributed by atoms with van der Waals surface area (Å²) in [5.41, 5.74) is 1.13. The van der Waals surface area contributed by atoms with E-state index in [1.54, 1.807) is 7.05 Å². The Balaban J connectivity index is 3.38. The summed E-state index contributed by atoms with van der Waals surface area (Å²) < 4.78 is 0.616. The summed E-state index contributed by atoms with van der Waals surface area (Å²) >= 11 is 8.94. The third-order valence-electron chi connectivity index (χ3n) is 1.35. The molecule has 12 heavy (non-hydrogen) atoms. The predicted molar refractivity (Wildman–Crippen MR) is 51.2 cm³/mol. The second-order valence-electron chi connectivity index (χ2n) is 2.01. The van der Waals surface area contributed by atoms with Crippen molar-refractivity contribution in [3.05, 3.63) is 21.4 Å². The van der Waals surface area contributed by atoms with Crippen LogP contribution in [-0.4, -0.2) is 12.0 Å². The quantitative estimate of drug-likeness (QED) is 0.774. The molecule has 0 aliphatic carbocycles. The number of aromatic nitrogens is 1. The molecule has 3 nitrogen and oxygen atoms in total. The van der Waals surface area contributed by atoms with Gasteiger partial charge in [-0.1, -0.05) is 11.6 Å². The lowest BCUT2D eigenvalue weighted by Gasteiger charge is -2.05. The van der Waals surface area contributed by atoms with Crippen molar-refractivity contribution in [1.82, 2.24) is 4.98 Å². The first-order chi connectivity index (χ1) is 5.70. The summed E-state index contributed by atoms with van der Waals surface area (Å²) in [7, 11) is 1.72. The Morgan fingerprint density at radius 1 is 1.75 bits per heavy atom. The molecule has 0 aromatic carbocycles. The van der Waals surface area contributed by atoms with E-state index in [1.807, 2.05) is 6.07 Å². The van der Waals surface area contributed by atoms with Crippen LogP contribution in [-0.2, 0) is 0 Å². The predicted octanol–water partition coefficient (Wildman–Crippen LogP) is 2.41. The standard InChI is InChI=1S/C7H5BrClN3/c1-11-6-4(2-10)3-12-7(9)5(6)8/h3H,1H3,(H,11,12). The van der Waals surface area contributed by atoms with Crippen molar-refractivity contribution in [1.29, 1.82) is 5.26 Å². The molecule has 1 rings (SSSR count). The molecule has 1 aromatic heterocycles. The lowest BCUT2D eigenvalue weighted by molar-refractivity contribution is 1.27. The van der Waals surface area contributed by atoms with E-state index >= 15 is 0 Å². The molecule has 5 heteroatoms. The minimum absolute atomic E-state index is 0.346. The number of nitrogens with one attached hydrogen (secondary N) is 1. The van der Waals surface area contributed by atoms with Crippen molar-refractivity contribution >= 4 is 33.2 Å². The molecule has 0 atom stereocenters. The minimum Gasteiger partial charge on any atom is -0.386 e. The summed E-state index contributed by atoms with van der Waals surface area (Å²) in [4.78, 5) is 3.81. The summed E-state index contributed by atoms with van der Waals surface area (Å²) in [6.07, 6.45) is 1.43. The molecule has 0 amide bonds. The maximum absolute atomic E-state index is 8.67. The van der Waals surface area contributed by atoms with Crippen LogP contribution in [0.15, 0.2) is 10.7 Å². The molecule has 0 aliphatic rings. The van der Waals surface area contributed by atoms with Crippen LogP contribution in [0.25, 0.3) is 0 Å². The average molecular weight is 246 g/mol. The van der Waals surface area contributed by atoms with Gasteiger partial charge in [0.2, 0.25) is 0 Å². The van der Waals surface area contributed by atoms with Gasteiger partial charge in [0.15, 0.2) is 0 Å². The summed E-state index contributed by atoms with van der Waals surface area (Å²) in [6, 6.07) is 2.00. The monoisotopic (exact) mass is 245 g/mol. The van der Waals surface area contributed by atoms with E-state index in [0.717, 1.165) is 0 Å². The molecule has 1 heterocycles. The van der Waals surface area contributed by atoms with E-state index in [2.05, 4.69) is 26.2 Å². The molecule has 0 unspecified atom stereocenters. The van der Waals surface area contributed by atoms with Crippen LogP contribution in [0.5, 0.6) is 0 Å². The van der Waals surface area contributed by atoms with Crippen LogP contribution >= 0.6 is 27.5 Å². The Hall–Kier alpha value is -0.790. The molecule has 0 radical (unpaired) electrons. The summed E-state index contributed by atoms with van der Waals surface area (Å²) in [5, 5.41) is 11.9. The fraction of sp³-hybridized carbons (Fsp3) is 0.143. The molecule has 0 saturated heterocycles. The molecule has 62 valence electrons. The lowest BCUT2D eigenvalue weighted by Crippen LogP contribution is -1.95. The third kappa shape index (κ3) is 1.52. The average Bonchev–Trinajstić information content (AvgIpc) is 2.09. The highest BCUT2D eigenvalue weighted by molar-refractivity contribution is 9.10. The Bertz CT molecular complexity index is 345. The number of anilines is 1. The van der Waals surface area contributed by atoms with Crippen LogP contribution < -0.4 is 5.32 Å². The van der Waals surface area contributed by atoms with Gasteiger partial charge in [0, 0.05) is 13.2 Å². The van der Waals surface area contributed by atoms with Crippen LogP contribution in [0.2, 0.25) is 5.15 Å². The number of halogens is 2. The van der Waals surface area contributed by atoms with Gasteiger partial charge in [0.05, 0.1) is 15.7 Å². The summed E-state index contributed by atoms with van der Waals surface area (Å²) in [5.74, 6) is 0. The van der Waals surface area contributed by atoms with Gasteiger partial charge in [0.25, 0.3) is 0 Å². The van der Waals surface area contributed by atoms with E-state index in [9.17, 15) is 0 Å². The summed E-state index contributed by atoms with van der Waals surface area (Å²) in [6.45, 7) is 0. The smallest absolute Gasteiger partial charge is 0.145 e. The molecule has 0 fully saturated rings. The first-order valence-electron chi connectivity index (χ1n) is 3.12. The molecule has 0 saturated carbocycles.